The fourth-order valence-electron chi connectivity index (χ4n) is 2.17. The lowest BCUT2D eigenvalue weighted by Gasteiger charge is -2.19. The first-order chi connectivity index (χ1) is 8.46. The first-order valence-corrected chi connectivity index (χ1v) is 6.71. The van der Waals surface area contributed by atoms with Crippen LogP contribution in [-0.2, 0) is 10.3 Å². The smallest absolute Gasteiger partial charge is 0.246 e. The van der Waals surface area contributed by atoms with E-state index in [0.29, 0.717) is 30.2 Å². The molecule has 1 heterocycles. The lowest BCUT2D eigenvalue weighted by atomic mass is 9.97. The van der Waals surface area contributed by atoms with Crippen molar-refractivity contribution >= 4 is 0 Å². The average molecular weight is 253 g/mol. The van der Waals surface area contributed by atoms with Crippen LogP contribution in [-0.4, -0.2) is 16.7 Å². The van der Waals surface area contributed by atoms with Crippen LogP contribution in [0.2, 0.25) is 0 Å². The highest BCUT2D eigenvalue weighted by atomic mass is 16.5. The molecule has 1 fully saturated rings. The maximum Gasteiger partial charge on any atom is 0.246 e. The van der Waals surface area contributed by atoms with Gasteiger partial charge in [0.25, 0.3) is 0 Å². The molecule has 0 radical (unpaired) electrons. The van der Waals surface area contributed by atoms with E-state index in [2.05, 4.69) is 24.0 Å². The number of hydrogen-bond donors (Lipinski definition) is 1. The lowest BCUT2D eigenvalue weighted by Crippen LogP contribution is -2.35. The third-order valence-electron chi connectivity index (χ3n) is 3.53. The van der Waals surface area contributed by atoms with Crippen molar-refractivity contribution in [2.24, 2.45) is 17.6 Å². The summed E-state index contributed by atoms with van der Waals surface area (Å²) in [6, 6.07) is 0. The predicted molar refractivity (Wildman–Crippen MR) is 67.8 cm³/mol. The highest BCUT2D eigenvalue weighted by molar-refractivity contribution is 5.08. The number of nitrogens with two attached hydrogens (primary N) is 1. The Hall–Kier alpha value is -0.940. The minimum absolute atomic E-state index is 0.123. The maximum atomic E-state index is 6.27. The van der Waals surface area contributed by atoms with Crippen molar-refractivity contribution < 1.29 is 9.26 Å². The lowest BCUT2D eigenvalue weighted by molar-refractivity contribution is 0.0217. The molecule has 1 aromatic heterocycles. The van der Waals surface area contributed by atoms with Crippen LogP contribution in [0.1, 0.15) is 58.4 Å². The zero-order valence-corrected chi connectivity index (χ0v) is 11.6. The van der Waals surface area contributed by atoms with Crippen LogP contribution >= 0.6 is 0 Å². The standard InChI is InChI=1S/C13H23N3O2/c1-5-17-10(8(2)3)11-15-12(18-16-11)13(4,14)9-6-7-9/h8-10H,5-7,14H2,1-4H3. The van der Waals surface area contributed by atoms with Crippen molar-refractivity contribution in [3.8, 4) is 0 Å². The van der Waals surface area contributed by atoms with Crippen LogP contribution in [0.25, 0.3) is 0 Å². The Kier molecular flexibility index (Phi) is 3.73. The highest BCUT2D eigenvalue weighted by Crippen LogP contribution is 2.43. The Labute approximate surface area is 108 Å². The predicted octanol–water partition coefficient (Wildman–Crippen LogP) is 2.39. The fourth-order valence-corrected chi connectivity index (χ4v) is 2.17. The van der Waals surface area contributed by atoms with E-state index in [0.717, 1.165) is 12.8 Å². The summed E-state index contributed by atoms with van der Waals surface area (Å²) in [5.74, 6) is 1.92. The van der Waals surface area contributed by atoms with Crippen LogP contribution < -0.4 is 5.73 Å². The second-order valence-corrected chi connectivity index (χ2v) is 5.63. The zero-order chi connectivity index (χ0) is 13.3. The molecule has 102 valence electrons. The van der Waals surface area contributed by atoms with E-state index in [1.165, 1.54) is 0 Å². The third kappa shape index (κ3) is 2.57. The summed E-state index contributed by atoms with van der Waals surface area (Å²) in [5, 5.41) is 4.04. The van der Waals surface area contributed by atoms with Gasteiger partial charge in [0.05, 0.1) is 5.54 Å². The van der Waals surface area contributed by atoms with Gasteiger partial charge in [-0.3, -0.25) is 0 Å². The molecular weight excluding hydrogens is 230 g/mol. The SMILES string of the molecule is CCOC(c1noc(C(C)(N)C2CC2)n1)C(C)C. The van der Waals surface area contributed by atoms with Crippen molar-refractivity contribution in [2.45, 2.75) is 52.2 Å². The van der Waals surface area contributed by atoms with Crippen LogP contribution in [0.5, 0.6) is 0 Å². The van der Waals surface area contributed by atoms with Gasteiger partial charge >= 0.3 is 0 Å². The van der Waals surface area contributed by atoms with Gasteiger partial charge in [0.1, 0.15) is 6.10 Å². The van der Waals surface area contributed by atoms with Gasteiger partial charge in [-0.15, -0.1) is 0 Å². The summed E-state index contributed by atoms with van der Waals surface area (Å²) >= 11 is 0. The van der Waals surface area contributed by atoms with Crippen molar-refractivity contribution in [3.05, 3.63) is 11.7 Å². The second-order valence-electron chi connectivity index (χ2n) is 5.63. The van der Waals surface area contributed by atoms with Crippen molar-refractivity contribution in [3.63, 3.8) is 0 Å². The molecule has 5 heteroatoms. The molecule has 0 aromatic carbocycles. The van der Waals surface area contributed by atoms with Gasteiger partial charge in [-0.25, -0.2) is 0 Å². The molecule has 1 saturated carbocycles. The monoisotopic (exact) mass is 253 g/mol. The van der Waals surface area contributed by atoms with Gasteiger partial charge in [-0.2, -0.15) is 4.98 Å². The molecule has 2 rings (SSSR count). The number of ether oxygens (including phenoxy) is 1. The molecule has 0 amide bonds. The van der Waals surface area contributed by atoms with E-state index in [1.54, 1.807) is 0 Å². The van der Waals surface area contributed by atoms with E-state index in [4.69, 9.17) is 15.0 Å². The zero-order valence-electron chi connectivity index (χ0n) is 11.6. The van der Waals surface area contributed by atoms with E-state index in [9.17, 15) is 0 Å². The molecule has 0 spiro atoms. The number of nitrogens with zero attached hydrogens (tertiary/aromatic N) is 2. The minimum atomic E-state index is -0.501. The Morgan fingerprint density at radius 2 is 2.17 bits per heavy atom. The Morgan fingerprint density at radius 3 is 2.67 bits per heavy atom. The van der Waals surface area contributed by atoms with E-state index >= 15 is 0 Å². The van der Waals surface area contributed by atoms with Crippen molar-refractivity contribution in [2.75, 3.05) is 6.61 Å². The molecule has 0 aliphatic heterocycles. The normalized spacial score (nSPS) is 21.0. The topological polar surface area (TPSA) is 74.2 Å². The summed E-state index contributed by atoms with van der Waals surface area (Å²) in [7, 11) is 0. The molecule has 2 N–H and O–H groups in total. The molecule has 0 saturated heterocycles. The van der Waals surface area contributed by atoms with Crippen molar-refractivity contribution in [1.29, 1.82) is 0 Å². The Bertz CT molecular complexity index is 397. The van der Waals surface area contributed by atoms with Crippen LogP contribution in [0.4, 0.5) is 0 Å². The second kappa shape index (κ2) is 4.97. The molecule has 1 aliphatic carbocycles. The van der Waals surface area contributed by atoms with Gasteiger partial charge in [0, 0.05) is 6.61 Å². The first kappa shape index (κ1) is 13.5. The summed E-state index contributed by atoms with van der Waals surface area (Å²) in [4.78, 5) is 4.46. The van der Waals surface area contributed by atoms with E-state index in [1.807, 2.05) is 13.8 Å². The van der Waals surface area contributed by atoms with Gasteiger partial charge in [0.15, 0.2) is 0 Å². The third-order valence-corrected chi connectivity index (χ3v) is 3.53. The van der Waals surface area contributed by atoms with E-state index < -0.39 is 5.54 Å². The van der Waals surface area contributed by atoms with Gasteiger partial charge in [-0.05, 0) is 38.5 Å². The molecule has 2 atom stereocenters. The minimum Gasteiger partial charge on any atom is -0.370 e. The first-order valence-electron chi connectivity index (χ1n) is 6.71. The largest absolute Gasteiger partial charge is 0.370 e. The number of hydrogen-bond acceptors (Lipinski definition) is 5. The van der Waals surface area contributed by atoms with Gasteiger partial charge < -0.3 is 15.0 Å². The molecule has 0 bridgehead atoms. The Morgan fingerprint density at radius 1 is 1.50 bits per heavy atom. The van der Waals surface area contributed by atoms with Gasteiger partial charge in [0.2, 0.25) is 11.7 Å². The van der Waals surface area contributed by atoms with E-state index in [-0.39, 0.29) is 6.10 Å². The summed E-state index contributed by atoms with van der Waals surface area (Å²) in [6.07, 6.45) is 2.16. The summed E-state index contributed by atoms with van der Waals surface area (Å²) in [5.41, 5.74) is 5.77. The maximum absolute atomic E-state index is 6.27. The van der Waals surface area contributed by atoms with Gasteiger partial charge in [-0.1, -0.05) is 19.0 Å². The quantitative estimate of drug-likeness (QED) is 0.842. The van der Waals surface area contributed by atoms with Crippen LogP contribution in [0, 0.1) is 11.8 Å². The molecule has 5 nitrogen and oxygen atoms in total. The molecule has 2 unspecified atom stereocenters. The number of rotatable bonds is 6. The number of aromatic nitrogens is 2. The summed E-state index contributed by atoms with van der Waals surface area (Å²) < 4.78 is 11.0. The molecule has 1 aromatic rings. The molecule has 18 heavy (non-hydrogen) atoms. The summed E-state index contributed by atoms with van der Waals surface area (Å²) in [6.45, 7) is 8.73. The molecule has 1 aliphatic rings. The van der Waals surface area contributed by atoms with Crippen LogP contribution in [0.15, 0.2) is 4.52 Å². The van der Waals surface area contributed by atoms with Crippen LogP contribution in [0.3, 0.4) is 0 Å². The average Bonchev–Trinajstić information content (AvgIpc) is 3.05. The highest BCUT2D eigenvalue weighted by Gasteiger charge is 2.44. The molecular formula is C13H23N3O2. The fraction of sp³-hybridized carbons (Fsp3) is 0.846. The van der Waals surface area contributed by atoms with Crippen molar-refractivity contribution in [1.82, 2.24) is 10.1 Å². The Balaban J connectivity index is 2.18.